The molecule has 0 radical (unpaired) electrons. The van der Waals surface area contributed by atoms with Crippen LogP contribution >= 0.6 is 0 Å². The van der Waals surface area contributed by atoms with Crippen molar-refractivity contribution in [1.29, 1.82) is 0 Å². The maximum Gasteiger partial charge on any atom is 0.303 e. The van der Waals surface area contributed by atoms with Crippen molar-refractivity contribution < 1.29 is 9.90 Å². The predicted octanol–water partition coefficient (Wildman–Crippen LogP) is 2.24. The second-order valence-electron chi connectivity index (χ2n) is 3.77. The highest BCUT2D eigenvalue weighted by Crippen LogP contribution is 2.08. The molecule has 1 rings (SSSR count). The Morgan fingerprint density at radius 2 is 2.00 bits per heavy atom. The standard InChI is InChI=1S/C11H19NO2/c13-11(14)7-3-1-2-4-8-12-9-5-6-10-12/h4,8H,1-3,5-7,9-10H2,(H,13,14)/b8-4+. The molecule has 0 bridgehead atoms. The number of aliphatic carboxylic acids is 1. The lowest BCUT2D eigenvalue weighted by Crippen LogP contribution is -2.10. The molecule has 3 nitrogen and oxygen atoms in total. The average molecular weight is 197 g/mol. The van der Waals surface area contributed by atoms with Crippen molar-refractivity contribution in [2.24, 2.45) is 0 Å². The van der Waals surface area contributed by atoms with Gasteiger partial charge >= 0.3 is 5.97 Å². The third-order valence-electron chi connectivity index (χ3n) is 2.47. The normalized spacial score (nSPS) is 16.7. The highest BCUT2D eigenvalue weighted by molar-refractivity contribution is 5.66. The summed E-state index contributed by atoms with van der Waals surface area (Å²) in [5, 5.41) is 8.42. The predicted molar refractivity (Wildman–Crippen MR) is 56.1 cm³/mol. The van der Waals surface area contributed by atoms with Crippen molar-refractivity contribution in [1.82, 2.24) is 4.90 Å². The topological polar surface area (TPSA) is 40.5 Å². The van der Waals surface area contributed by atoms with Gasteiger partial charge in [-0.2, -0.15) is 0 Å². The number of hydrogen-bond acceptors (Lipinski definition) is 2. The summed E-state index contributed by atoms with van der Waals surface area (Å²) in [6.07, 6.45) is 10.0. The molecule has 0 unspecified atom stereocenters. The number of hydrogen-bond donors (Lipinski definition) is 1. The van der Waals surface area contributed by atoms with Gasteiger partial charge in [0.15, 0.2) is 0 Å². The minimum absolute atomic E-state index is 0.303. The van der Waals surface area contributed by atoms with Crippen LogP contribution in [0.3, 0.4) is 0 Å². The molecule has 80 valence electrons. The fourth-order valence-corrected chi connectivity index (χ4v) is 1.65. The Balaban J connectivity index is 1.94. The Hall–Kier alpha value is -0.990. The zero-order valence-electron chi connectivity index (χ0n) is 8.61. The van der Waals surface area contributed by atoms with E-state index < -0.39 is 5.97 Å². The van der Waals surface area contributed by atoms with Gasteiger partial charge in [-0.3, -0.25) is 4.79 Å². The molecule has 0 aliphatic carbocycles. The molecule has 1 aliphatic heterocycles. The highest BCUT2D eigenvalue weighted by atomic mass is 16.4. The van der Waals surface area contributed by atoms with Crippen molar-refractivity contribution in [3.05, 3.63) is 12.3 Å². The van der Waals surface area contributed by atoms with Crippen LogP contribution in [0.25, 0.3) is 0 Å². The minimum atomic E-state index is -0.687. The van der Waals surface area contributed by atoms with E-state index in [-0.39, 0.29) is 0 Å². The summed E-state index contributed by atoms with van der Waals surface area (Å²) in [7, 11) is 0. The van der Waals surface area contributed by atoms with E-state index in [2.05, 4.69) is 17.2 Å². The van der Waals surface area contributed by atoms with Crippen LogP contribution < -0.4 is 0 Å². The average Bonchev–Trinajstić information content (AvgIpc) is 2.63. The van der Waals surface area contributed by atoms with Crippen LogP contribution in [0.5, 0.6) is 0 Å². The molecule has 3 heteroatoms. The van der Waals surface area contributed by atoms with E-state index in [0.29, 0.717) is 6.42 Å². The molecule has 0 amide bonds. The number of rotatable bonds is 6. The first-order valence-electron chi connectivity index (χ1n) is 5.41. The fourth-order valence-electron chi connectivity index (χ4n) is 1.65. The van der Waals surface area contributed by atoms with Gasteiger partial charge in [0.1, 0.15) is 0 Å². The summed E-state index contributed by atoms with van der Waals surface area (Å²) in [6, 6.07) is 0. The summed E-state index contributed by atoms with van der Waals surface area (Å²) in [5.41, 5.74) is 0. The molecule has 1 saturated heterocycles. The van der Waals surface area contributed by atoms with Gasteiger partial charge in [0, 0.05) is 19.5 Å². The van der Waals surface area contributed by atoms with Crippen LogP contribution in [0, 0.1) is 0 Å². The molecule has 0 aromatic heterocycles. The van der Waals surface area contributed by atoms with Crippen LogP contribution in [0.1, 0.15) is 38.5 Å². The molecule has 14 heavy (non-hydrogen) atoms. The molecular formula is C11H19NO2. The van der Waals surface area contributed by atoms with Crippen molar-refractivity contribution >= 4 is 5.97 Å². The Morgan fingerprint density at radius 1 is 1.29 bits per heavy atom. The lowest BCUT2D eigenvalue weighted by Gasteiger charge is -2.09. The molecule has 1 fully saturated rings. The highest BCUT2D eigenvalue weighted by Gasteiger charge is 2.05. The number of nitrogens with zero attached hydrogens (tertiary/aromatic N) is 1. The third kappa shape index (κ3) is 4.90. The van der Waals surface area contributed by atoms with Crippen LogP contribution in [-0.4, -0.2) is 29.1 Å². The molecular weight excluding hydrogens is 178 g/mol. The van der Waals surface area contributed by atoms with E-state index in [1.807, 2.05) is 0 Å². The van der Waals surface area contributed by atoms with Gasteiger partial charge in [-0.25, -0.2) is 0 Å². The van der Waals surface area contributed by atoms with E-state index >= 15 is 0 Å². The van der Waals surface area contributed by atoms with Gasteiger partial charge in [0.05, 0.1) is 0 Å². The first-order chi connectivity index (χ1) is 6.79. The van der Waals surface area contributed by atoms with Crippen molar-refractivity contribution in [2.45, 2.75) is 38.5 Å². The third-order valence-corrected chi connectivity index (χ3v) is 2.47. The number of likely N-dealkylation sites (tertiary alicyclic amines) is 1. The largest absolute Gasteiger partial charge is 0.481 e. The van der Waals surface area contributed by atoms with Gasteiger partial charge in [-0.1, -0.05) is 6.08 Å². The van der Waals surface area contributed by atoms with Gasteiger partial charge in [-0.05, 0) is 38.3 Å². The zero-order chi connectivity index (χ0) is 10.2. The van der Waals surface area contributed by atoms with Gasteiger partial charge in [-0.15, -0.1) is 0 Å². The summed E-state index contributed by atoms with van der Waals surface area (Å²) >= 11 is 0. The minimum Gasteiger partial charge on any atom is -0.481 e. The Labute approximate surface area is 85.4 Å². The first kappa shape index (κ1) is 11.1. The lowest BCUT2D eigenvalue weighted by atomic mass is 10.2. The molecule has 0 aromatic rings. The molecule has 1 heterocycles. The van der Waals surface area contributed by atoms with Crippen molar-refractivity contribution in [2.75, 3.05) is 13.1 Å². The van der Waals surface area contributed by atoms with Crippen molar-refractivity contribution in [3.8, 4) is 0 Å². The molecule has 1 N–H and O–H groups in total. The van der Waals surface area contributed by atoms with Crippen LogP contribution in [0.2, 0.25) is 0 Å². The fraction of sp³-hybridized carbons (Fsp3) is 0.727. The van der Waals surface area contributed by atoms with Crippen LogP contribution in [0.15, 0.2) is 12.3 Å². The smallest absolute Gasteiger partial charge is 0.303 e. The summed E-state index contributed by atoms with van der Waals surface area (Å²) < 4.78 is 0. The monoisotopic (exact) mass is 197 g/mol. The van der Waals surface area contributed by atoms with Crippen LogP contribution in [0.4, 0.5) is 0 Å². The Bertz CT molecular complexity index is 195. The van der Waals surface area contributed by atoms with Gasteiger partial charge in [0.2, 0.25) is 0 Å². The number of carboxylic acids is 1. The number of allylic oxidation sites excluding steroid dienone is 1. The SMILES string of the molecule is O=C(O)CCCC/C=C/N1CCCC1. The van der Waals surface area contributed by atoms with Crippen LogP contribution in [-0.2, 0) is 4.79 Å². The van der Waals surface area contributed by atoms with E-state index in [1.165, 1.54) is 25.9 Å². The first-order valence-corrected chi connectivity index (χ1v) is 5.41. The van der Waals surface area contributed by atoms with Crippen molar-refractivity contribution in [3.63, 3.8) is 0 Å². The quantitative estimate of drug-likeness (QED) is 0.664. The molecule has 1 aliphatic rings. The van der Waals surface area contributed by atoms with Gasteiger partial charge < -0.3 is 10.0 Å². The maximum atomic E-state index is 10.2. The zero-order valence-corrected chi connectivity index (χ0v) is 8.61. The number of carbonyl (C=O) groups is 1. The maximum absolute atomic E-state index is 10.2. The molecule has 0 aromatic carbocycles. The Kier molecular flexibility index (Phi) is 5.12. The molecule has 0 spiro atoms. The Morgan fingerprint density at radius 3 is 2.64 bits per heavy atom. The lowest BCUT2D eigenvalue weighted by molar-refractivity contribution is -0.137. The molecule has 0 atom stereocenters. The summed E-state index contributed by atoms with van der Waals surface area (Å²) in [5.74, 6) is -0.687. The second kappa shape index (κ2) is 6.46. The molecule has 0 saturated carbocycles. The summed E-state index contributed by atoms with van der Waals surface area (Å²) in [4.78, 5) is 12.5. The second-order valence-corrected chi connectivity index (χ2v) is 3.77. The van der Waals surface area contributed by atoms with Gasteiger partial charge in [0.25, 0.3) is 0 Å². The number of unbranched alkanes of at least 4 members (excludes halogenated alkanes) is 2. The van der Waals surface area contributed by atoms with E-state index in [4.69, 9.17) is 5.11 Å². The van der Waals surface area contributed by atoms with E-state index in [1.54, 1.807) is 0 Å². The van der Waals surface area contributed by atoms with E-state index in [9.17, 15) is 4.79 Å². The van der Waals surface area contributed by atoms with E-state index in [0.717, 1.165) is 19.3 Å². The number of carboxylic acid groups (broad SMARTS) is 1. The summed E-state index contributed by atoms with van der Waals surface area (Å²) in [6.45, 7) is 2.37.